The van der Waals surface area contributed by atoms with Gasteiger partial charge in [0.15, 0.2) is 0 Å². The third-order valence-electron chi connectivity index (χ3n) is 4.37. The molecule has 4 rings (SSSR count). The molecule has 0 radical (unpaired) electrons. The van der Waals surface area contributed by atoms with E-state index in [2.05, 4.69) is 46.6 Å². The molecule has 3 heterocycles. The highest BCUT2D eigenvalue weighted by Crippen LogP contribution is 2.22. The van der Waals surface area contributed by atoms with E-state index in [0.717, 1.165) is 48.8 Å². The van der Waals surface area contributed by atoms with Gasteiger partial charge in [0, 0.05) is 18.0 Å². The zero-order valence-electron chi connectivity index (χ0n) is 13.2. The van der Waals surface area contributed by atoms with Crippen molar-refractivity contribution in [1.29, 1.82) is 0 Å². The molecular formula is C18H20N4O. The first kappa shape index (κ1) is 14.2. The molecule has 1 aromatic carbocycles. The lowest BCUT2D eigenvalue weighted by Gasteiger charge is -2.23. The zero-order chi connectivity index (χ0) is 15.6. The molecular weight excluding hydrogens is 288 g/mol. The summed E-state index contributed by atoms with van der Waals surface area (Å²) in [6.07, 6.45) is 3.70. The molecule has 0 amide bonds. The van der Waals surface area contributed by atoms with Crippen LogP contribution in [-0.4, -0.2) is 20.8 Å². The summed E-state index contributed by atoms with van der Waals surface area (Å²) in [5.74, 6) is 2.97. The fourth-order valence-electron chi connectivity index (χ4n) is 3.00. The van der Waals surface area contributed by atoms with Gasteiger partial charge in [0.1, 0.15) is 23.7 Å². The van der Waals surface area contributed by atoms with Crippen LogP contribution < -0.4 is 5.32 Å². The van der Waals surface area contributed by atoms with Crippen LogP contribution in [0.25, 0.3) is 11.3 Å². The molecule has 3 aromatic rings. The molecule has 5 nitrogen and oxygen atoms in total. The van der Waals surface area contributed by atoms with Crippen LogP contribution in [0.15, 0.2) is 47.1 Å². The van der Waals surface area contributed by atoms with Crippen molar-refractivity contribution in [2.75, 3.05) is 0 Å². The van der Waals surface area contributed by atoms with Crippen LogP contribution in [0, 0.1) is 6.92 Å². The Kier molecular flexibility index (Phi) is 3.71. The number of nitrogens with one attached hydrogen (secondary N) is 1. The SMILES string of the molecule is Cc1ccc(-c2ccc(CNC3CCc4ncnn4C3)o2)cc1. The number of hydrogen-bond donors (Lipinski definition) is 1. The molecule has 1 aliphatic rings. The minimum Gasteiger partial charge on any atom is -0.460 e. The summed E-state index contributed by atoms with van der Waals surface area (Å²) in [7, 11) is 0. The van der Waals surface area contributed by atoms with Gasteiger partial charge in [-0.25, -0.2) is 9.67 Å². The smallest absolute Gasteiger partial charge is 0.138 e. The summed E-state index contributed by atoms with van der Waals surface area (Å²) in [4.78, 5) is 4.26. The molecule has 118 valence electrons. The first-order valence-electron chi connectivity index (χ1n) is 8.04. The molecule has 2 aromatic heterocycles. The Morgan fingerprint density at radius 3 is 2.96 bits per heavy atom. The predicted octanol–water partition coefficient (Wildman–Crippen LogP) is 2.95. The average Bonchev–Trinajstić information content (AvgIpc) is 3.22. The van der Waals surface area contributed by atoms with Crippen LogP contribution in [0.2, 0.25) is 0 Å². The number of rotatable bonds is 4. The molecule has 23 heavy (non-hydrogen) atoms. The van der Waals surface area contributed by atoms with E-state index in [1.807, 2.05) is 16.8 Å². The van der Waals surface area contributed by atoms with Gasteiger partial charge in [-0.2, -0.15) is 5.10 Å². The number of furan rings is 1. The summed E-state index contributed by atoms with van der Waals surface area (Å²) >= 11 is 0. The third kappa shape index (κ3) is 3.05. The zero-order valence-corrected chi connectivity index (χ0v) is 13.2. The molecule has 0 saturated carbocycles. The second kappa shape index (κ2) is 6.01. The molecule has 0 fully saturated rings. The Labute approximate surface area is 135 Å². The van der Waals surface area contributed by atoms with Crippen molar-refractivity contribution in [2.45, 2.75) is 38.9 Å². The average molecular weight is 308 g/mol. The van der Waals surface area contributed by atoms with Gasteiger partial charge < -0.3 is 9.73 Å². The summed E-state index contributed by atoms with van der Waals surface area (Å²) in [6.45, 7) is 3.70. The number of hydrogen-bond acceptors (Lipinski definition) is 4. The Bertz CT molecular complexity index is 787. The summed E-state index contributed by atoms with van der Waals surface area (Å²) < 4.78 is 7.94. The van der Waals surface area contributed by atoms with Gasteiger partial charge in [0.25, 0.3) is 0 Å². The standard InChI is InChI=1S/C18H20N4O/c1-13-2-4-14(5-3-13)17-8-7-16(23-17)10-19-15-6-9-18-20-12-21-22(18)11-15/h2-5,7-8,12,15,19H,6,9-11H2,1H3. The molecule has 0 bridgehead atoms. The Hall–Kier alpha value is -2.40. The highest BCUT2D eigenvalue weighted by atomic mass is 16.3. The monoisotopic (exact) mass is 308 g/mol. The van der Waals surface area contributed by atoms with Crippen LogP contribution >= 0.6 is 0 Å². The molecule has 1 aliphatic heterocycles. The van der Waals surface area contributed by atoms with E-state index >= 15 is 0 Å². The van der Waals surface area contributed by atoms with Crippen molar-refractivity contribution in [3.63, 3.8) is 0 Å². The summed E-state index contributed by atoms with van der Waals surface area (Å²) in [5, 5.41) is 7.82. The topological polar surface area (TPSA) is 55.9 Å². The van der Waals surface area contributed by atoms with Gasteiger partial charge >= 0.3 is 0 Å². The second-order valence-corrected chi connectivity index (χ2v) is 6.11. The fourth-order valence-corrected chi connectivity index (χ4v) is 3.00. The van der Waals surface area contributed by atoms with Crippen molar-refractivity contribution in [1.82, 2.24) is 20.1 Å². The van der Waals surface area contributed by atoms with E-state index in [0.29, 0.717) is 6.04 Å². The largest absolute Gasteiger partial charge is 0.460 e. The van der Waals surface area contributed by atoms with Crippen LogP contribution in [0.5, 0.6) is 0 Å². The lowest BCUT2D eigenvalue weighted by molar-refractivity contribution is 0.345. The van der Waals surface area contributed by atoms with E-state index in [4.69, 9.17) is 4.42 Å². The van der Waals surface area contributed by atoms with Crippen LogP contribution in [0.1, 0.15) is 23.6 Å². The first-order valence-corrected chi connectivity index (χ1v) is 8.04. The summed E-state index contributed by atoms with van der Waals surface area (Å²) in [5.41, 5.74) is 2.37. The number of fused-ring (bicyclic) bond motifs is 1. The first-order chi connectivity index (χ1) is 11.3. The minimum absolute atomic E-state index is 0.414. The maximum atomic E-state index is 5.96. The van der Waals surface area contributed by atoms with Crippen molar-refractivity contribution in [3.8, 4) is 11.3 Å². The van der Waals surface area contributed by atoms with Gasteiger partial charge in [0.05, 0.1) is 13.1 Å². The number of benzene rings is 1. The quantitative estimate of drug-likeness (QED) is 0.805. The van der Waals surface area contributed by atoms with Crippen molar-refractivity contribution in [3.05, 3.63) is 59.9 Å². The number of aryl methyl sites for hydroxylation is 2. The van der Waals surface area contributed by atoms with E-state index < -0.39 is 0 Å². The summed E-state index contributed by atoms with van der Waals surface area (Å²) in [6, 6.07) is 12.9. The maximum absolute atomic E-state index is 5.96. The van der Waals surface area contributed by atoms with Gasteiger partial charge in [-0.3, -0.25) is 0 Å². The lowest BCUT2D eigenvalue weighted by Crippen LogP contribution is -2.37. The van der Waals surface area contributed by atoms with E-state index in [1.54, 1.807) is 6.33 Å². The van der Waals surface area contributed by atoms with Gasteiger partial charge in [-0.15, -0.1) is 0 Å². The Morgan fingerprint density at radius 1 is 1.22 bits per heavy atom. The molecule has 5 heteroatoms. The lowest BCUT2D eigenvalue weighted by atomic mass is 10.1. The highest BCUT2D eigenvalue weighted by Gasteiger charge is 2.19. The van der Waals surface area contributed by atoms with Gasteiger partial charge in [-0.05, 0) is 25.5 Å². The Balaban J connectivity index is 1.38. The molecule has 1 unspecified atom stereocenters. The van der Waals surface area contributed by atoms with E-state index in [9.17, 15) is 0 Å². The fraction of sp³-hybridized carbons (Fsp3) is 0.333. The highest BCUT2D eigenvalue weighted by molar-refractivity contribution is 5.57. The molecule has 0 saturated heterocycles. The molecule has 0 spiro atoms. The van der Waals surface area contributed by atoms with Crippen molar-refractivity contribution < 1.29 is 4.42 Å². The molecule has 1 atom stereocenters. The van der Waals surface area contributed by atoms with Crippen LogP contribution in [0.3, 0.4) is 0 Å². The van der Waals surface area contributed by atoms with E-state index in [1.165, 1.54) is 5.56 Å². The van der Waals surface area contributed by atoms with Crippen LogP contribution in [-0.2, 0) is 19.5 Å². The minimum atomic E-state index is 0.414. The van der Waals surface area contributed by atoms with Crippen molar-refractivity contribution in [2.24, 2.45) is 0 Å². The van der Waals surface area contributed by atoms with Gasteiger partial charge in [0.2, 0.25) is 0 Å². The third-order valence-corrected chi connectivity index (χ3v) is 4.37. The van der Waals surface area contributed by atoms with E-state index in [-0.39, 0.29) is 0 Å². The number of aromatic nitrogens is 3. The predicted molar refractivity (Wildman–Crippen MR) is 87.9 cm³/mol. The second-order valence-electron chi connectivity index (χ2n) is 6.11. The Morgan fingerprint density at radius 2 is 2.09 bits per heavy atom. The number of nitrogens with zero attached hydrogens (tertiary/aromatic N) is 3. The molecule has 1 N–H and O–H groups in total. The molecule has 0 aliphatic carbocycles. The van der Waals surface area contributed by atoms with Crippen molar-refractivity contribution >= 4 is 0 Å². The maximum Gasteiger partial charge on any atom is 0.138 e. The van der Waals surface area contributed by atoms with Crippen LogP contribution in [0.4, 0.5) is 0 Å². The normalized spacial score (nSPS) is 17.2. The van der Waals surface area contributed by atoms with Gasteiger partial charge in [-0.1, -0.05) is 29.8 Å².